The van der Waals surface area contributed by atoms with Crippen molar-refractivity contribution in [2.45, 2.75) is 40.0 Å². The molecular formula is C18H26N2O8P2. The average Bonchev–Trinajstić information content (AvgIpc) is 3.20. The van der Waals surface area contributed by atoms with Crippen molar-refractivity contribution >= 4 is 37.4 Å². The molecule has 0 saturated heterocycles. The Kier molecular flexibility index (Phi) is 7.50. The van der Waals surface area contributed by atoms with Crippen molar-refractivity contribution in [3.63, 3.8) is 0 Å². The van der Waals surface area contributed by atoms with Crippen LogP contribution in [0.15, 0.2) is 21.0 Å². The zero-order valence-corrected chi connectivity index (χ0v) is 19.2. The van der Waals surface area contributed by atoms with E-state index in [2.05, 4.69) is 9.97 Å². The van der Waals surface area contributed by atoms with Gasteiger partial charge in [0.1, 0.15) is 23.4 Å². The minimum atomic E-state index is -3.33. The summed E-state index contributed by atoms with van der Waals surface area (Å²) in [6.07, 6.45) is -0.148. The van der Waals surface area contributed by atoms with Crippen LogP contribution in [0.4, 0.5) is 0 Å². The van der Waals surface area contributed by atoms with Gasteiger partial charge in [0.2, 0.25) is 11.8 Å². The Labute approximate surface area is 174 Å². The fourth-order valence-electron chi connectivity index (χ4n) is 2.96. The largest absolute Gasteiger partial charge is 0.440 e. The molecule has 0 N–H and O–H groups in total. The molecule has 0 aliphatic carbocycles. The molecule has 0 radical (unpaired) electrons. The molecule has 0 bridgehead atoms. The molecule has 0 amide bonds. The first-order valence-corrected chi connectivity index (χ1v) is 13.2. The molecule has 0 fully saturated rings. The molecule has 0 aliphatic heterocycles. The highest BCUT2D eigenvalue weighted by Gasteiger charge is 2.29. The monoisotopic (exact) mass is 460 g/mol. The molecule has 0 spiro atoms. The molecule has 0 aliphatic rings. The molecule has 12 heteroatoms. The van der Waals surface area contributed by atoms with Crippen LogP contribution in [0.3, 0.4) is 0 Å². The van der Waals surface area contributed by atoms with E-state index in [1.54, 1.807) is 39.8 Å². The van der Waals surface area contributed by atoms with Gasteiger partial charge in [-0.15, -0.1) is 0 Å². The Morgan fingerprint density at radius 3 is 1.40 bits per heavy atom. The summed E-state index contributed by atoms with van der Waals surface area (Å²) in [6, 6.07) is 3.32. The molecule has 1 aromatic carbocycles. The lowest BCUT2D eigenvalue weighted by atomic mass is 10.3. The SMILES string of the molecule is CCOP(=O)(Cc1nc2cc3nc(CP(=O)(OCC)OCC)oc3cc2o1)OCC. The lowest BCUT2D eigenvalue weighted by Gasteiger charge is -2.14. The topological polar surface area (TPSA) is 123 Å². The predicted octanol–water partition coefficient (Wildman–Crippen LogP) is 5.50. The van der Waals surface area contributed by atoms with Gasteiger partial charge in [-0.3, -0.25) is 9.13 Å². The van der Waals surface area contributed by atoms with Crippen LogP contribution in [0, 0.1) is 0 Å². The summed E-state index contributed by atoms with van der Waals surface area (Å²) >= 11 is 0. The molecule has 3 aromatic rings. The van der Waals surface area contributed by atoms with Crippen LogP contribution >= 0.6 is 15.2 Å². The van der Waals surface area contributed by atoms with Crippen molar-refractivity contribution in [1.82, 2.24) is 9.97 Å². The van der Waals surface area contributed by atoms with Crippen LogP contribution in [0.2, 0.25) is 0 Å². The minimum Gasteiger partial charge on any atom is -0.440 e. The summed E-state index contributed by atoms with van der Waals surface area (Å²) in [4.78, 5) is 8.74. The van der Waals surface area contributed by atoms with E-state index in [0.717, 1.165) is 0 Å². The molecule has 166 valence electrons. The van der Waals surface area contributed by atoms with Gasteiger partial charge in [-0.1, -0.05) is 0 Å². The van der Waals surface area contributed by atoms with Gasteiger partial charge in [0.25, 0.3) is 0 Å². The van der Waals surface area contributed by atoms with E-state index in [9.17, 15) is 9.13 Å². The first-order valence-electron chi connectivity index (χ1n) is 9.78. The van der Waals surface area contributed by atoms with E-state index in [4.69, 9.17) is 26.9 Å². The molecule has 3 rings (SSSR count). The molecule has 0 unspecified atom stereocenters. The fraction of sp³-hybridized carbons (Fsp3) is 0.556. The molecule has 0 atom stereocenters. The van der Waals surface area contributed by atoms with Crippen LogP contribution in [-0.4, -0.2) is 36.4 Å². The molecule has 0 saturated carbocycles. The highest BCUT2D eigenvalue weighted by atomic mass is 31.2. The molecular weight excluding hydrogens is 434 g/mol. The number of rotatable bonds is 12. The van der Waals surface area contributed by atoms with Crippen molar-refractivity contribution in [3.8, 4) is 0 Å². The van der Waals surface area contributed by atoms with E-state index in [0.29, 0.717) is 22.2 Å². The molecule has 2 heterocycles. The van der Waals surface area contributed by atoms with Gasteiger partial charge in [0, 0.05) is 6.07 Å². The smallest absolute Gasteiger partial charge is 0.339 e. The normalized spacial score (nSPS) is 12.9. The number of benzene rings is 1. The minimum absolute atomic E-state index is 0.0741. The Bertz CT molecular complexity index is 940. The molecule has 10 nitrogen and oxygen atoms in total. The van der Waals surface area contributed by atoms with Crippen molar-refractivity contribution < 1.29 is 36.1 Å². The summed E-state index contributed by atoms with van der Waals surface area (Å²) in [5.41, 5.74) is 1.93. The number of hydrogen-bond donors (Lipinski definition) is 0. The van der Waals surface area contributed by atoms with Gasteiger partial charge < -0.3 is 26.9 Å². The third kappa shape index (κ3) is 5.38. The van der Waals surface area contributed by atoms with E-state index in [1.807, 2.05) is 0 Å². The third-order valence-electron chi connectivity index (χ3n) is 3.95. The van der Waals surface area contributed by atoms with Gasteiger partial charge >= 0.3 is 15.2 Å². The zero-order valence-electron chi connectivity index (χ0n) is 17.5. The third-order valence-corrected chi connectivity index (χ3v) is 7.87. The summed E-state index contributed by atoms with van der Waals surface area (Å²) in [5.74, 6) is 0.473. The van der Waals surface area contributed by atoms with E-state index >= 15 is 0 Å². The molecule has 2 aromatic heterocycles. The predicted molar refractivity (Wildman–Crippen MR) is 111 cm³/mol. The van der Waals surface area contributed by atoms with E-state index in [1.165, 1.54) is 0 Å². The fourth-order valence-corrected chi connectivity index (χ4v) is 5.98. The Balaban J connectivity index is 1.87. The highest BCUT2D eigenvalue weighted by molar-refractivity contribution is 7.53. The summed E-state index contributed by atoms with van der Waals surface area (Å²) in [7, 11) is -6.67. The lowest BCUT2D eigenvalue weighted by Crippen LogP contribution is -1.99. The maximum Gasteiger partial charge on any atom is 0.339 e. The van der Waals surface area contributed by atoms with Crippen molar-refractivity contribution in [2.75, 3.05) is 26.4 Å². The standard InChI is InChI=1S/C18H26N2O8P2/c1-5-23-29(21,24-6-2)11-17-19-13-9-14-16(10-15(13)27-17)28-18(20-14)12-30(22,25-7-3)26-8-4/h9-10H,5-8,11-12H2,1-4H3. The van der Waals surface area contributed by atoms with Gasteiger partial charge in [0.15, 0.2) is 11.2 Å². The average molecular weight is 460 g/mol. The quantitative estimate of drug-likeness (QED) is 0.320. The number of oxazole rings is 2. The van der Waals surface area contributed by atoms with Crippen LogP contribution in [-0.2, 0) is 39.5 Å². The Morgan fingerprint density at radius 1 is 0.700 bits per heavy atom. The zero-order chi connectivity index (χ0) is 21.8. The summed E-state index contributed by atoms with van der Waals surface area (Å²) in [5, 5.41) is 0. The van der Waals surface area contributed by atoms with Gasteiger partial charge in [-0.25, -0.2) is 9.97 Å². The Hall–Kier alpha value is -1.54. The van der Waals surface area contributed by atoms with E-state index < -0.39 is 15.2 Å². The lowest BCUT2D eigenvalue weighted by molar-refractivity contribution is 0.216. The van der Waals surface area contributed by atoms with Crippen LogP contribution < -0.4 is 0 Å². The van der Waals surface area contributed by atoms with E-state index in [-0.39, 0.29) is 50.5 Å². The van der Waals surface area contributed by atoms with Gasteiger partial charge in [-0.05, 0) is 33.8 Å². The maximum atomic E-state index is 12.7. The van der Waals surface area contributed by atoms with Crippen molar-refractivity contribution in [2.24, 2.45) is 0 Å². The van der Waals surface area contributed by atoms with Crippen LogP contribution in [0.25, 0.3) is 22.2 Å². The summed E-state index contributed by atoms with van der Waals surface area (Å²) in [6.45, 7) is 7.98. The first kappa shape index (κ1) is 23.1. The number of fused-ring (bicyclic) bond motifs is 2. The second kappa shape index (κ2) is 9.73. The van der Waals surface area contributed by atoms with Crippen molar-refractivity contribution in [3.05, 3.63) is 23.9 Å². The van der Waals surface area contributed by atoms with Gasteiger partial charge in [0.05, 0.1) is 26.4 Å². The Morgan fingerprint density at radius 2 is 1.07 bits per heavy atom. The number of aromatic nitrogens is 2. The second-order valence-electron chi connectivity index (χ2n) is 6.21. The van der Waals surface area contributed by atoms with Crippen molar-refractivity contribution in [1.29, 1.82) is 0 Å². The molecule has 30 heavy (non-hydrogen) atoms. The first-order chi connectivity index (χ1) is 14.3. The number of hydrogen-bond acceptors (Lipinski definition) is 10. The number of nitrogens with zero attached hydrogens (tertiary/aromatic N) is 2. The maximum absolute atomic E-state index is 12.7. The highest BCUT2D eigenvalue weighted by Crippen LogP contribution is 2.52. The van der Waals surface area contributed by atoms with Crippen LogP contribution in [0.1, 0.15) is 39.5 Å². The second-order valence-corrected chi connectivity index (χ2v) is 10.3. The van der Waals surface area contributed by atoms with Crippen LogP contribution in [0.5, 0.6) is 0 Å². The van der Waals surface area contributed by atoms with Gasteiger partial charge in [-0.2, -0.15) is 0 Å². The summed E-state index contributed by atoms with van der Waals surface area (Å²) < 4.78 is 58.0.